The molecule has 11 rings (SSSR count). The van der Waals surface area contributed by atoms with Gasteiger partial charge in [-0.3, -0.25) is 19.3 Å². The van der Waals surface area contributed by atoms with Gasteiger partial charge in [-0.1, -0.05) is 75.8 Å². The minimum absolute atomic E-state index is 0. The Morgan fingerprint density at radius 2 is 0.932 bits per heavy atom. The van der Waals surface area contributed by atoms with Crippen molar-refractivity contribution in [1.82, 2.24) is 44.7 Å². The number of hydrogen-bond acceptors (Lipinski definition) is 9. The molecule has 0 N–H and O–H groups in total. The topological polar surface area (TPSA) is 125 Å². The Bertz CT molecular complexity index is 3340. The first-order valence-electron chi connectivity index (χ1n) is 22.3. The van der Waals surface area contributed by atoms with Crippen molar-refractivity contribution >= 4 is 12.4 Å². The van der Waals surface area contributed by atoms with Gasteiger partial charge in [-0.15, -0.1) is 130 Å². The summed E-state index contributed by atoms with van der Waals surface area (Å²) in [6.07, 6.45) is 14.3. The average Bonchev–Trinajstić information content (AvgIpc) is 4.19. The van der Waals surface area contributed by atoms with E-state index in [1.807, 2.05) is 153 Å². The molecule has 15 heteroatoms. The third-order valence-electron chi connectivity index (χ3n) is 10.7. The van der Waals surface area contributed by atoms with Gasteiger partial charge in [0.15, 0.2) is 0 Å². The van der Waals surface area contributed by atoms with Crippen LogP contribution in [0.5, 0.6) is 0 Å². The second kappa shape index (κ2) is 29.5. The Morgan fingerprint density at radius 1 is 0.438 bits per heavy atom. The molecular weight excluding hydrogens is 1620 g/mol. The second-order valence-electron chi connectivity index (χ2n) is 16.3. The van der Waals surface area contributed by atoms with E-state index in [-0.39, 0.29) is 86.6 Å². The molecule has 0 saturated heterocycles. The van der Waals surface area contributed by atoms with E-state index < -0.39 is 0 Å². The summed E-state index contributed by atoms with van der Waals surface area (Å²) in [4.78, 5) is 26.0. The Kier molecular flexibility index (Phi) is 23.9. The van der Waals surface area contributed by atoms with Gasteiger partial charge in [0, 0.05) is 144 Å². The maximum Gasteiger partial charge on any atom is 0.148 e. The largest absolute Gasteiger partial charge is 0.305 e. The van der Waals surface area contributed by atoms with Crippen molar-refractivity contribution in [2.75, 3.05) is 0 Å². The monoisotopic (exact) mass is 1670 g/mol. The molecule has 0 unspecified atom stereocenters. The Hall–Kier alpha value is -6.23. The van der Waals surface area contributed by atoms with E-state index in [9.17, 15) is 0 Å². The van der Waals surface area contributed by atoms with Crippen LogP contribution in [0.3, 0.4) is 0 Å². The molecule has 6 aromatic heterocycles. The molecule has 0 aliphatic carbocycles. The van der Waals surface area contributed by atoms with E-state index in [1.165, 1.54) is 22.3 Å². The Labute approximate surface area is 481 Å². The zero-order valence-corrected chi connectivity index (χ0v) is 50.2. The number of benzene rings is 4. The van der Waals surface area contributed by atoms with Crippen molar-refractivity contribution in [3.63, 3.8) is 0 Å². The summed E-state index contributed by atoms with van der Waals surface area (Å²) >= 11 is 0. The standard InChI is InChI=1S/C16H14N3.C15H13N4.C15H12N3.C12H10N.4Ir/c1-12-6-8-17-15(10-12)13-4-3-5-14(11-13)16-7-9-18-19(16)2;1-11-6-7-16-14(8-11)12-4-3-5-13(9-12)15-10-19(2)18-17-15;1-11-5-6-16-14(9-11)12-3-2-4-13(10-12)15-17-7-8-18-15;1-10-5-4-6-11(9-10)12-7-2-3-8-13-12;;;;/h3,5-11H,1-2H3;3,5-10H,1-2H3;2,4-10,15H,1H3;2-5,7-9H,1H3;;;;/q4*-1;;;;. The van der Waals surface area contributed by atoms with Gasteiger partial charge >= 0.3 is 0 Å². The first-order chi connectivity index (χ1) is 33.6. The Balaban J connectivity index is 0.000000209. The van der Waals surface area contributed by atoms with Crippen molar-refractivity contribution < 1.29 is 80.4 Å². The van der Waals surface area contributed by atoms with Gasteiger partial charge in [0.05, 0.1) is 11.9 Å². The van der Waals surface area contributed by atoms with Crippen LogP contribution in [0.15, 0.2) is 181 Å². The van der Waals surface area contributed by atoms with Gasteiger partial charge < -0.3 is 19.9 Å². The fraction of sp³-hybridized carbons (Fsp3) is 0.121. The number of pyridine rings is 4. The van der Waals surface area contributed by atoms with Gasteiger partial charge in [-0.05, 0) is 73.9 Å². The molecule has 7 heterocycles. The number of nitrogens with zero attached hydrogens (tertiary/aromatic N) is 11. The fourth-order valence-electron chi connectivity index (χ4n) is 7.23. The van der Waals surface area contributed by atoms with Crippen molar-refractivity contribution in [1.29, 1.82) is 0 Å². The molecule has 4 aromatic carbocycles. The number of aliphatic imine (C=N–C) groups is 2. The predicted molar refractivity (Wildman–Crippen MR) is 275 cm³/mol. The summed E-state index contributed by atoms with van der Waals surface area (Å²) in [6, 6.07) is 56.8. The SMILES string of the molecule is Cc1cc[c-]c(-c2ccccn2)c1.Cc1ccnc(-c2[c-]ccc(-c3ccnn3C)c2)c1.Cc1ccnc(-c2[c-]ccc(-c3cn(C)nn3)c2)c1.Cc1ccnc(-c2[c-]ccc(C3N=CC=N3)c2)c1.[Ir].[Ir].[Ir].[Ir]. The molecule has 73 heavy (non-hydrogen) atoms. The molecule has 0 saturated carbocycles. The van der Waals surface area contributed by atoms with Gasteiger partial charge in [-0.25, -0.2) is 0 Å². The summed E-state index contributed by atoms with van der Waals surface area (Å²) in [5.41, 5.74) is 17.7. The maximum absolute atomic E-state index is 4.40. The summed E-state index contributed by atoms with van der Waals surface area (Å²) in [5, 5.41) is 12.3. The first kappa shape index (κ1) is 59.3. The van der Waals surface area contributed by atoms with Crippen LogP contribution in [-0.2, 0) is 94.5 Å². The number of hydrogen-bond donors (Lipinski definition) is 0. The van der Waals surface area contributed by atoms with E-state index in [2.05, 4.69) is 122 Å². The fourth-order valence-corrected chi connectivity index (χ4v) is 7.23. The molecule has 1 aliphatic rings. The molecule has 0 atom stereocenters. The Morgan fingerprint density at radius 3 is 1.42 bits per heavy atom. The van der Waals surface area contributed by atoms with Gasteiger partial charge in [-0.2, -0.15) is 5.10 Å². The third-order valence-corrected chi connectivity index (χ3v) is 10.7. The zero-order chi connectivity index (χ0) is 48.0. The van der Waals surface area contributed by atoms with E-state index in [0.29, 0.717) is 0 Å². The molecule has 1 aliphatic heterocycles. The van der Waals surface area contributed by atoms with Crippen LogP contribution in [0.1, 0.15) is 34.0 Å². The second-order valence-corrected chi connectivity index (χ2v) is 16.3. The maximum atomic E-state index is 4.40. The predicted octanol–water partition coefficient (Wildman–Crippen LogP) is 11.8. The molecule has 0 fully saturated rings. The van der Waals surface area contributed by atoms with E-state index in [4.69, 9.17) is 0 Å². The van der Waals surface area contributed by atoms with Gasteiger partial charge in [0.25, 0.3) is 0 Å². The van der Waals surface area contributed by atoms with Crippen molar-refractivity contribution in [3.05, 3.63) is 223 Å². The third kappa shape index (κ3) is 16.9. The first-order valence-corrected chi connectivity index (χ1v) is 22.3. The molecule has 0 bridgehead atoms. The zero-order valence-electron chi connectivity index (χ0n) is 40.7. The minimum Gasteiger partial charge on any atom is -0.305 e. The smallest absolute Gasteiger partial charge is 0.148 e. The van der Waals surface area contributed by atoms with Crippen LogP contribution in [0.25, 0.3) is 67.5 Å². The summed E-state index contributed by atoms with van der Waals surface area (Å²) in [7, 11) is 3.80. The van der Waals surface area contributed by atoms with E-state index in [1.54, 1.807) is 29.5 Å². The van der Waals surface area contributed by atoms with E-state index in [0.717, 1.165) is 73.1 Å². The molecule has 0 spiro atoms. The number of rotatable bonds is 7. The van der Waals surface area contributed by atoms with Crippen molar-refractivity contribution in [3.8, 4) is 67.5 Å². The minimum atomic E-state index is -0.108. The molecule has 4 radical (unpaired) electrons. The molecule has 376 valence electrons. The summed E-state index contributed by atoms with van der Waals surface area (Å²) in [5.74, 6) is 0. The van der Waals surface area contributed by atoms with Crippen molar-refractivity contribution in [2.45, 2.75) is 33.9 Å². The van der Waals surface area contributed by atoms with Crippen LogP contribution in [0, 0.1) is 52.0 Å². The van der Waals surface area contributed by atoms with Crippen LogP contribution in [0.2, 0.25) is 0 Å². The summed E-state index contributed by atoms with van der Waals surface area (Å²) < 4.78 is 3.55. The van der Waals surface area contributed by atoms with Crippen LogP contribution < -0.4 is 0 Å². The molecule has 11 nitrogen and oxygen atoms in total. The molecule has 0 amide bonds. The normalized spacial score (nSPS) is 10.8. The molecule has 10 aromatic rings. The van der Waals surface area contributed by atoms with E-state index >= 15 is 0 Å². The summed E-state index contributed by atoms with van der Waals surface area (Å²) in [6.45, 7) is 8.24. The quantitative estimate of drug-likeness (QED) is 0.146. The number of aromatic nitrogens is 9. The molecular formula is C58H49Ir4N11-4. The van der Waals surface area contributed by atoms with Crippen LogP contribution >= 0.6 is 0 Å². The van der Waals surface area contributed by atoms with Crippen LogP contribution in [0.4, 0.5) is 0 Å². The average molecular weight is 1670 g/mol. The van der Waals surface area contributed by atoms with Crippen molar-refractivity contribution in [2.24, 2.45) is 24.1 Å². The number of aryl methyl sites for hydroxylation is 6. The van der Waals surface area contributed by atoms with Gasteiger partial charge in [0.2, 0.25) is 0 Å². The van der Waals surface area contributed by atoms with Crippen LogP contribution in [-0.4, -0.2) is 57.1 Å². The van der Waals surface area contributed by atoms with Gasteiger partial charge in [0.1, 0.15) is 6.17 Å².